The number of esters is 1. The number of ether oxygens (including phenoxy) is 2. The van der Waals surface area contributed by atoms with Crippen LogP contribution in [0.2, 0.25) is 5.54 Å². The second-order valence-electron chi connectivity index (χ2n) is 4.05. The quantitative estimate of drug-likeness (QED) is 0.381. The normalized spacial score (nSPS) is 21.6. The van der Waals surface area contributed by atoms with Crippen LogP contribution in [0.25, 0.3) is 0 Å². The first-order valence-corrected chi connectivity index (χ1v) is 7.22. The van der Waals surface area contributed by atoms with Gasteiger partial charge in [0.25, 0.3) is 0 Å². The summed E-state index contributed by atoms with van der Waals surface area (Å²) in [5.41, 5.74) is 0.376. The third-order valence-electron chi connectivity index (χ3n) is 2.16. The summed E-state index contributed by atoms with van der Waals surface area (Å²) >= 11 is 0. The number of carbonyl (C=O) groups excluding carboxylic acids is 1. The van der Waals surface area contributed by atoms with Crippen molar-refractivity contribution < 1.29 is 23.1 Å². The van der Waals surface area contributed by atoms with Crippen molar-refractivity contribution in [3.8, 4) is 0 Å². The summed E-state index contributed by atoms with van der Waals surface area (Å²) in [5.74, 6) is -0.283. The van der Waals surface area contributed by atoms with E-state index in [4.69, 9.17) is 18.3 Å². The van der Waals surface area contributed by atoms with Crippen molar-refractivity contribution >= 4 is 15.3 Å². The van der Waals surface area contributed by atoms with Gasteiger partial charge in [0.15, 0.2) is 6.29 Å². The molecular formula is C10H20O5Si. The van der Waals surface area contributed by atoms with Crippen LogP contribution >= 0.6 is 0 Å². The van der Waals surface area contributed by atoms with E-state index in [1.807, 2.05) is 0 Å². The van der Waals surface area contributed by atoms with Gasteiger partial charge in [-0.1, -0.05) is 13.8 Å². The van der Waals surface area contributed by atoms with Crippen LogP contribution in [0.15, 0.2) is 0 Å². The van der Waals surface area contributed by atoms with E-state index in [0.29, 0.717) is 18.8 Å². The van der Waals surface area contributed by atoms with Crippen molar-refractivity contribution in [2.45, 2.75) is 39.0 Å². The monoisotopic (exact) mass is 248 g/mol. The molecular weight excluding hydrogens is 228 g/mol. The van der Waals surface area contributed by atoms with Crippen molar-refractivity contribution in [1.29, 1.82) is 0 Å². The zero-order valence-corrected chi connectivity index (χ0v) is 11.3. The minimum Gasteiger partial charge on any atom is -0.463 e. The Bertz CT molecular complexity index is 217. The maximum Gasteiger partial charge on any atom is 0.326 e. The molecule has 0 radical (unpaired) electrons. The van der Waals surface area contributed by atoms with E-state index >= 15 is 0 Å². The summed E-state index contributed by atoms with van der Waals surface area (Å²) in [7, 11) is -1.71. The van der Waals surface area contributed by atoms with E-state index in [1.54, 1.807) is 0 Å². The van der Waals surface area contributed by atoms with Crippen LogP contribution in [0.1, 0.15) is 27.2 Å². The first-order chi connectivity index (χ1) is 7.59. The molecule has 1 fully saturated rings. The molecule has 1 aliphatic rings. The van der Waals surface area contributed by atoms with Crippen LogP contribution < -0.4 is 0 Å². The number of hydrogen-bond donors (Lipinski definition) is 0. The zero-order chi connectivity index (χ0) is 12.0. The fourth-order valence-corrected chi connectivity index (χ4v) is 2.83. The van der Waals surface area contributed by atoms with Crippen molar-refractivity contribution in [2.24, 2.45) is 0 Å². The zero-order valence-electron chi connectivity index (χ0n) is 10.1. The molecule has 0 aromatic heterocycles. The van der Waals surface area contributed by atoms with Gasteiger partial charge in [-0.3, -0.25) is 4.79 Å². The molecule has 0 saturated carbocycles. The van der Waals surface area contributed by atoms with Crippen LogP contribution in [0.3, 0.4) is 0 Å². The van der Waals surface area contributed by atoms with E-state index in [1.165, 1.54) is 6.92 Å². The van der Waals surface area contributed by atoms with Crippen molar-refractivity contribution in [3.63, 3.8) is 0 Å². The topological polar surface area (TPSA) is 54.0 Å². The molecule has 1 saturated heterocycles. The van der Waals surface area contributed by atoms with Crippen molar-refractivity contribution in [3.05, 3.63) is 0 Å². The van der Waals surface area contributed by atoms with Crippen LogP contribution in [-0.2, 0) is 23.1 Å². The number of carbonyl (C=O) groups is 1. The fraction of sp³-hybridized carbons (Fsp3) is 0.900. The molecule has 2 atom stereocenters. The Labute approximate surface area is 97.9 Å². The van der Waals surface area contributed by atoms with Gasteiger partial charge >= 0.3 is 15.3 Å². The van der Waals surface area contributed by atoms with Crippen LogP contribution in [0.5, 0.6) is 0 Å². The van der Waals surface area contributed by atoms with Gasteiger partial charge < -0.3 is 18.3 Å². The Morgan fingerprint density at radius 1 is 1.50 bits per heavy atom. The van der Waals surface area contributed by atoms with Gasteiger partial charge in [-0.2, -0.15) is 0 Å². The van der Waals surface area contributed by atoms with E-state index in [2.05, 4.69) is 13.8 Å². The molecule has 0 aliphatic carbocycles. The third kappa shape index (κ3) is 5.07. The Hall–Kier alpha value is -0.433. The summed E-state index contributed by atoms with van der Waals surface area (Å²) in [6.07, 6.45) is 0.872. The lowest BCUT2D eigenvalue weighted by Gasteiger charge is -2.31. The fourth-order valence-electron chi connectivity index (χ4n) is 1.21. The van der Waals surface area contributed by atoms with Gasteiger partial charge in [0.1, 0.15) is 6.61 Å². The molecule has 0 aromatic rings. The first-order valence-electron chi connectivity index (χ1n) is 5.61. The number of hydrogen-bond acceptors (Lipinski definition) is 5. The van der Waals surface area contributed by atoms with E-state index in [9.17, 15) is 4.79 Å². The molecule has 0 amide bonds. The molecule has 5 nitrogen and oxygen atoms in total. The molecule has 0 aromatic carbocycles. The SMILES string of the molecule is CC(=O)OCCO[SiH](OC1CCO1)C(C)C. The highest BCUT2D eigenvalue weighted by molar-refractivity contribution is 6.46. The van der Waals surface area contributed by atoms with Gasteiger partial charge in [0.2, 0.25) is 0 Å². The highest BCUT2D eigenvalue weighted by Gasteiger charge is 2.27. The molecule has 2 unspecified atom stereocenters. The average Bonchev–Trinajstić information content (AvgIpc) is 2.12. The van der Waals surface area contributed by atoms with Gasteiger partial charge in [0, 0.05) is 13.3 Å². The summed E-state index contributed by atoms with van der Waals surface area (Å²) in [5, 5.41) is 0. The van der Waals surface area contributed by atoms with Crippen LogP contribution in [0, 0.1) is 0 Å². The lowest BCUT2D eigenvalue weighted by Crippen LogP contribution is -2.39. The van der Waals surface area contributed by atoms with Gasteiger partial charge in [0.05, 0.1) is 13.2 Å². The largest absolute Gasteiger partial charge is 0.463 e. The molecule has 1 rings (SSSR count). The molecule has 0 spiro atoms. The van der Waals surface area contributed by atoms with Crippen LogP contribution in [0.4, 0.5) is 0 Å². The molecule has 0 N–H and O–H groups in total. The second-order valence-corrected chi connectivity index (χ2v) is 6.72. The third-order valence-corrected chi connectivity index (χ3v) is 4.38. The Morgan fingerprint density at radius 2 is 2.19 bits per heavy atom. The predicted molar refractivity (Wildman–Crippen MR) is 60.3 cm³/mol. The Balaban J connectivity index is 2.14. The molecule has 94 valence electrons. The molecule has 1 aliphatic heterocycles. The molecule has 0 bridgehead atoms. The average molecular weight is 248 g/mol. The van der Waals surface area contributed by atoms with Crippen molar-refractivity contribution in [1.82, 2.24) is 0 Å². The number of rotatable bonds is 7. The Kier molecular flexibility index (Phi) is 5.97. The minimum absolute atomic E-state index is 0.0761. The van der Waals surface area contributed by atoms with E-state index in [-0.39, 0.29) is 12.3 Å². The summed E-state index contributed by atoms with van der Waals surface area (Å²) in [6, 6.07) is 0. The van der Waals surface area contributed by atoms with Gasteiger partial charge in [-0.15, -0.1) is 0 Å². The van der Waals surface area contributed by atoms with Gasteiger partial charge in [-0.05, 0) is 5.54 Å². The second kappa shape index (κ2) is 7.00. The predicted octanol–water partition coefficient (Wildman–Crippen LogP) is 0.960. The molecule has 1 heterocycles. The highest BCUT2D eigenvalue weighted by Crippen LogP contribution is 2.19. The lowest BCUT2D eigenvalue weighted by molar-refractivity contribution is -0.176. The standard InChI is InChI=1S/C10H20O5Si/c1-8(2)16(15-10-4-5-13-10)14-7-6-12-9(3)11/h8,10,16H,4-7H2,1-3H3. The summed E-state index contributed by atoms with van der Waals surface area (Å²) < 4.78 is 21.3. The van der Waals surface area contributed by atoms with Crippen LogP contribution in [-0.4, -0.2) is 41.4 Å². The van der Waals surface area contributed by atoms with Crippen molar-refractivity contribution in [2.75, 3.05) is 19.8 Å². The first kappa shape index (κ1) is 13.6. The smallest absolute Gasteiger partial charge is 0.326 e. The Morgan fingerprint density at radius 3 is 2.62 bits per heavy atom. The maximum absolute atomic E-state index is 10.5. The maximum atomic E-state index is 10.5. The minimum atomic E-state index is -1.71. The molecule has 16 heavy (non-hydrogen) atoms. The van der Waals surface area contributed by atoms with E-state index in [0.717, 1.165) is 13.0 Å². The molecule has 6 heteroatoms. The highest BCUT2D eigenvalue weighted by atomic mass is 28.3. The lowest BCUT2D eigenvalue weighted by atomic mass is 10.4. The van der Waals surface area contributed by atoms with Gasteiger partial charge in [-0.25, -0.2) is 0 Å². The summed E-state index contributed by atoms with van der Waals surface area (Å²) in [4.78, 5) is 10.5. The summed E-state index contributed by atoms with van der Waals surface area (Å²) in [6.45, 7) is 7.00. The van der Waals surface area contributed by atoms with E-state index < -0.39 is 9.28 Å².